The average molecular weight is 427 g/mol. The van der Waals surface area contributed by atoms with Gasteiger partial charge in [0, 0.05) is 24.5 Å². The Hall–Kier alpha value is -3.80. The first-order valence-corrected chi connectivity index (χ1v) is 10.7. The van der Waals surface area contributed by atoms with Gasteiger partial charge in [-0.25, -0.2) is 4.39 Å². The SMILES string of the molecule is CN1c2ccc(F)cc2C(=O)N2CCc3c([nH]c4ccc(OCc5ccccc5)cc34)[C@H]21. The van der Waals surface area contributed by atoms with Crippen LogP contribution in [-0.2, 0) is 13.0 Å². The fourth-order valence-corrected chi connectivity index (χ4v) is 4.97. The zero-order valence-corrected chi connectivity index (χ0v) is 17.6. The Kier molecular flexibility index (Phi) is 4.21. The van der Waals surface area contributed by atoms with E-state index in [-0.39, 0.29) is 12.1 Å². The fourth-order valence-electron chi connectivity index (χ4n) is 4.97. The topological polar surface area (TPSA) is 48.6 Å². The van der Waals surface area contributed by atoms with Crippen LogP contribution in [0.4, 0.5) is 10.1 Å². The molecule has 1 aromatic heterocycles. The summed E-state index contributed by atoms with van der Waals surface area (Å²) in [6.07, 6.45) is 0.489. The number of ether oxygens (including phenoxy) is 1. The molecule has 4 aromatic rings. The van der Waals surface area contributed by atoms with E-state index < -0.39 is 5.82 Å². The number of rotatable bonds is 3. The maximum absolute atomic E-state index is 13.8. The number of H-pyrrole nitrogens is 1. The fraction of sp³-hybridized carbons (Fsp3) is 0.192. The van der Waals surface area contributed by atoms with Crippen LogP contribution >= 0.6 is 0 Å². The molecule has 1 N–H and O–H groups in total. The molecule has 6 heteroatoms. The molecule has 1 amide bonds. The summed E-state index contributed by atoms with van der Waals surface area (Å²) < 4.78 is 19.8. The number of anilines is 1. The Labute approximate surface area is 185 Å². The van der Waals surface area contributed by atoms with Gasteiger partial charge in [-0.2, -0.15) is 0 Å². The van der Waals surface area contributed by atoms with E-state index in [2.05, 4.69) is 16.0 Å². The Morgan fingerprint density at radius 2 is 1.94 bits per heavy atom. The van der Waals surface area contributed by atoms with Gasteiger partial charge >= 0.3 is 0 Å². The minimum atomic E-state index is -0.393. The van der Waals surface area contributed by atoms with Crippen molar-refractivity contribution in [3.05, 3.63) is 94.9 Å². The largest absolute Gasteiger partial charge is 0.489 e. The maximum Gasteiger partial charge on any atom is 0.258 e. The molecule has 0 spiro atoms. The van der Waals surface area contributed by atoms with Crippen LogP contribution in [0.15, 0.2) is 66.7 Å². The number of halogens is 1. The normalized spacial score (nSPS) is 17.2. The highest BCUT2D eigenvalue weighted by Crippen LogP contribution is 2.43. The highest BCUT2D eigenvalue weighted by molar-refractivity contribution is 6.02. The number of amides is 1. The summed E-state index contributed by atoms with van der Waals surface area (Å²) in [6.45, 7) is 1.10. The van der Waals surface area contributed by atoms with Crippen molar-refractivity contribution in [2.24, 2.45) is 0 Å². The molecule has 1 atom stereocenters. The molecule has 0 saturated carbocycles. The number of fused-ring (bicyclic) bond motifs is 6. The van der Waals surface area contributed by atoms with Gasteiger partial charge in [0.05, 0.1) is 16.9 Å². The molecule has 5 nitrogen and oxygen atoms in total. The van der Waals surface area contributed by atoms with Gasteiger partial charge in [-0.15, -0.1) is 0 Å². The second-order valence-electron chi connectivity index (χ2n) is 8.39. The Balaban J connectivity index is 1.37. The summed E-state index contributed by atoms with van der Waals surface area (Å²) in [5, 5.41) is 1.12. The van der Waals surface area contributed by atoms with Crippen LogP contribution in [0.5, 0.6) is 5.75 Å². The number of hydrogen-bond donors (Lipinski definition) is 1. The zero-order valence-electron chi connectivity index (χ0n) is 17.6. The highest BCUT2D eigenvalue weighted by atomic mass is 19.1. The molecule has 0 unspecified atom stereocenters. The first-order chi connectivity index (χ1) is 15.6. The van der Waals surface area contributed by atoms with Gasteiger partial charge < -0.3 is 19.5 Å². The number of benzene rings is 3. The lowest BCUT2D eigenvalue weighted by molar-refractivity contribution is 0.0634. The summed E-state index contributed by atoms with van der Waals surface area (Å²) in [5.41, 5.74) is 5.52. The lowest BCUT2D eigenvalue weighted by Gasteiger charge is -2.46. The van der Waals surface area contributed by atoms with Gasteiger partial charge in [-0.3, -0.25) is 4.79 Å². The number of aromatic nitrogens is 1. The molecule has 32 heavy (non-hydrogen) atoms. The number of hydrogen-bond acceptors (Lipinski definition) is 3. The summed E-state index contributed by atoms with van der Waals surface area (Å²) in [4.78, 5) is 20.6. The highest BCUT2D eigenvalue weighted by Gasteiger charge is 2.41. The van der Waals surface area contributed by atoms with Crippen LogP contribution in [-0.4, -0.2) is 29.4 Å². The quantitative estimate of drug-likeness (QED) is 0.499. The van der Waals surface area contributed by atoms with E-state index in [4.69, 9.17) is 4.74 Å². The van der Waals surface area contributed by atoms with Crippen molar-refractivity contribution in [1.29, 1.82) is 0 Å². The third-order valence-corrected chi connectivity index (χ3v) is 6.51. The summed E-state index contributed by atoms with van der Waals surface area (Å²) in [5.74, 6) is 0.300. The molecule has 2 aliphatic heterocycles. The van der Waals surface area contributed by atoms with Crippen LogP contribution in [0.2, 0.25) is 0 Å². The molecule has 3 heterocycles. The second-order valence-corrected chi connectivity index (χ2v) is 8.39. The number of nitrogens with one attached hydrogen (secondary N) is 1. The summed E-state index contributed by atoms with van der Waals surface area (Å²) in [7, 11) is 1.95. The van der Waals surface area contributed by atoms with E-state index in [0.29, 0.717) is 18.7 Å². The molecule has 0 radical (unpaired) electrons. The summed E-state index contributed by atoms with van der Waals surface area (Å²) >= 11 is 0. The first kappa shape index (κ1) is 18.9. The number of carbonyl (C=O) groups is 1. The van der Waals surface area contributed by atoms with Gasteiger partial charge in [0.1, 0.15) is 24.3 Å². The molecular weight excluding hydrogens is 405 g/mol. The molecule has 0 bridgehead atoms. The lowest BCUT2D eigenvalue weighted by Crippen LogP contribution is -2.51. The van der Waals surface area contributed by atoms with Gasteiger partial charge in [-0.1, -0.05) is 30.3 Å². The van der Waals surface area contributed by atoms with E-state index >= 15 is 0 Å². The lowest BCUT2D eigenvalue weighted by atomic mass is 9.96. The van der Waals surface area contributed by atoms with E-state index in [1.54, 1.807) is 6.07 Å². The van der Waals surface area contributed by atoms with Crippen LogP contribution in [0, 0.1) is 5.82 Å². The van der Waals surface area contributed by atoms with Crippen molar-refractivity contribution in [3.63, 3.8) is 0 Å². The monoisotopic (exact) mass is 427 g/mol. The van der Waals surface area contributed by atoms with Crippen LogP contribution in [0.3, 0.4) is 0 Å². The zero-order chi connectivity index (χ0) is 21.8. The van der Waals surface area contributed by atoms with Crippen molar-refractivity contribution in [3.8, 4) is 5.75 Å². The minimum Gasteiger partial charge on any atom is -0.489 e. The van der Waals surface area contributed by atoms with Gasteiger partial charge in [0.25, 0.3) is 5.91 Å². The molecule has 0 fully saturated rings. The van der Waals surface area contributed by atoms with Crippen molar-refractivity contribution < 1.29 is 13.9 Å². The predicted octanol–water partition coefficient (Wildman–Crippen LogP) is 5.03. The van der Waals surface area contributed by atoms with E-state index in [1.807, 2.05) is 54.4 Å². The van der Waals surface area contributed by atoms with Crippen molar-refractivity contribution in [1.82, 2.24) is 9.88 Å². The number of nitrogens with zero attached hydrogens (tertiary/aromatic N) is 2. The van der Waals surface area contributed by atoms with E-state index in [9.17, 15) is 9.18 Å². The van der Waals surface area contributed by atoms with Gasteiger partial charge in [0.15, 0.2) is 0 Å². The third kappa shape index (κ3) is 2.87. The molecule has 2 aliphatic rings. The predicted molar refractivity (Wildman–Crippen MR) is 121 cm³/mol. The molecule has 6 rings (SSSR count). The Morgan fingerprint density at radius 3 is 2.78 bits per heavy atom. The molecular formula is C26H22FN3O2. The standard InChI is InChI=1S/C26H22FN3O2/c1-29-23-10-7-17(27)13-21(23)26(31)30-12-11-19-20-14-18(32-15-16-5-3-2-4-6-16)8-9-22(20)28-24(19)25(29)30/h2-10,13-14,25,28H,11-12,15H2,1H3/t25-/m0/s1. The summed E-state index contributed by atoms with van der Waals surface area (Å²) in [6, 6.07) is 20.6. The molecule has 0 aliphatic carbocycles. The Bertz CT molecular complexity index is 1350. The number of aromatic amines is 1. The van der Waals surface area contributed by atoms with Gasteiger partial charge in [-0.05, 0) is 53.9 Å². The Morgan fingerprint density at radius 1 is 1.09 bits per heavy atom. The third-order valence-electron chi connectivity index (χ3n) is 6.51. The molecule has 160 valence electrons. The van der Waals surface area contributed by atoms with E-state index in [0.717, 1.165) is 40.0 Å². The maximum atomic E-state index is 13.8. The molecule has 0 saturated heterocycles. The average Bonchev–Trinajstić information content (AvgIpc) is 3.19. The van der Waals surface area contributed by atoms with Crippen LogP contribution in [0.25, 0.3) is 10.9 Å². The first-order valence-electron chi connectivity index (χ1n) is 10.7. The second kappa shape index (κ2) is 7.12. The van der Waals surface area contributed by atoms with Crippen molar-refractivity contribution in [2.45, 2.75) is 19.2 Å². The van der Waals surface area contributed by atoms with Crippen LogP contribution < -0.4 is 9.64 Å². The van der Waals surface area contributed by atoms with E-state index in [1.165, 1.54) is 17.7 Å². The minimum absolute atomic E-state index is 0.126. The van der Waals surface area contributed by atoms with Crippen molar-refractivity contribution >= 4 is 22.5 Å². The smallest absolute Gasteiger partial charge is 0.258 e. The number of carbonyl (C=O) groups excluding carboxylic acids is 1. The van der Waals surface area contributed by atoms with Crippen LogP contribution in [0.1, 0.15) is 33.3 Å². The van der Waals surface area contributed by atoms with Gasteiger partial charge in [0.2, 0.25) is 0 Å². The van der Waals surface area contributed by atoms with Crippen molar-refractivity contribution in [2.75, 3.05) is 18.5 Å². The molecule has 3 aromatic carbocycles.